The van der Waals surface area contributed by atoms with Gasteiger partial charge < -0.3 is 5.73 Å². The predicted octanol–water partition coefficient (Wildman–Crippen LogP) is 2.91. The number of nitrogens with two attached hydrogens (primary N) is 1. The monoisotopic (exact) mass is 209 g/mol. The lowest BCUT2D eigenvalue weighted by Crippen LogP contribution is -2.02. The molecule has 0 saturated carbocycles. The molecule has 0 spiro atoms. The molecule has 0 bridgehead atoms. The minimum atomic E-state index is 0.840. The van der Waals surface area contributed by atoms with Crippen molar-refractivity contribution < 1.29 is 0 Å². The highest BCUT2D eigenvalue weighted by molar-refractivity contribution is 7.10. The first-order valence-corrected chi connectivity index (χ1v) is 6.58. The van der Waals surface area contributed by atoms with Crippen LogP contribution in [0.3, 0.4) is 0 Å². The summed E-state index contributed by atoms with van der Waals surface area (Å²) in [5, 5.41) is 2.38. The van der Waals surface area contributed by atoms with E-state index in [4.69, 9.17) is 5.73 Å². The normalized spacial score (nSPS) is 15.5. The van der Waals surface area contributed by atoms with E-state index in [-0.39, 0.29) is 0 Å². The summed E-state index contributed by atoms with van der Waals surface area (Å²) >= 11 is 1.98. The first kappa shape index (κ1) is 10.2. The molecule has 78 valence electrons. The van der Waals surface area contributed by atoms with Gasteiger partial charge in [0.25, 0.3) is 0 Å². The van der Waals surface area contributed by atoms with E-state index in [9.17, 15) is 0 Å². The molecule has 0 atom stereocenters. The minimum absolute atomic E-state index is 0.840. The molecule has 0 amide bonds. The molecule has 1 aromatic heterocycles. The fourth-order valence-electron chi connectivity index (χ4n) is 2.23. The van der Waals surface area contributed by atoms with Gasteiger partial charge in [-0.05, 0) is 68.0 Å². The molecule has 0 saturated heterocycles. The van der Waals surface area contributed by atoms with Crippen LogP contribution in [0.5, 0.6) is 0 Å². The maximum absolute atomic E-state index is 5.51. The van der Waals surface area contributed by atoms with Gasteiger partial charge in [-0.15, -0.1) is 11.3 Å². The Labute approximate surface area is 90.3 Å². The van der Waals surface area contributed by atoms with Crippen molar-refractivity contribution in [3.63, 3.8) is 0 Å². The summed E-state index contributed by atoms with van der Waals surface area (Å²) in [6.45, 7) is 0.840. The maximum atomic E-state index is 5.51. The van der Waals surface area contributed by atoms with Crippen LogP contribution in [0.25, 0.3) is 0 Å². The predicted molar refractivity (Wildman–Crippen MR) is 63.0 cm³/mol. The summed E-state index contributed by atoms with van der Waals surface area (Å²) < 4.78 is 0. The van der Waals surface area contributed by atoms with Crippen LogP contribution in [0.2, 0.25) is 0 Å². The van der Waals surface area contributed by atoms with Crippen LogP contribution in [0.15, 0.2) is 5.38 Å². The number of aryl methyl sites for hydroxylation is 2. The van der Waals surface area contributed by atoms with Crippen molar-refractivity contribution >= 4 is 11.3 Å². The van der Waals surface area contributed by atoms with Gasteiger partial charge in [-0.25, -0.2) is 0 Å². The quantitative estimate of drug-likeness (QED) is 0.758. The summed E-state index contributed by atoms with van der Waals surface area (Å²) in [6, 6.07) is 0. The molecule has 0 unspecified atom stereocenters. The zero-order chi connectivity index (χ0) is 9.80. The van der Waals surface area contributed by atoms with Gasteiger partial charge in [-0.3, -0.25) is 0 Å². The Bertz CT molecular complexity index is 291. The summed E-state index contributed by atoms with van der Waals surface area (Å²) in [5.74, 6) is 0. The number of fused-ring (bicyclic) bond motifs is 1. The Morgan fingerprint density at radius 2 is 2.07 bits per heavy atom. The van der Waals surface area contributed by atoms with E-state index in [0.717, 1.165) is 6.54 Å². The third-order valence-electron chi connectivity index (χ3n) is 3.05. The van der Waals surface area contributed by atoms with Crippen molar-refractivity contribution in [1.29, 1.82) is 0 Å². The van der Waals surface area contributed by atoms with E-state index < -0.39 is 0 Å². The highest BCUT2D eigenvalue weighted by atomic mass is 32.1. The van der Waals surface area contributed by atoms with E-state index in [0.29, 0.717) is 0 Å². The molecular formula is C12H19NS. The van der Waals surface area contributed by atoms with Gasteiger partial charge in [0.15, 0.2) is 0 Å². The Morgan fingerprint density at radius 3 is 2.93 bits per heavy atom. The average molecular weight is 209 g/mol. The standard InChI is InChI=1S/C12H19NS/c13-8-4-3-5-10-9-14-12-7-2-1-6-11(10)12/h9H,1-8,13H2. The zero-order valence-corrected chi connectivity index (χ0v) is 9.54. The van der Waals surface area contributed by atoms with Crippen LogP contribution in [0.4, 0.5) is 0 Å². The summed E-state index contributed by atoms with van der Waals surface area (Å²) in [6.07, 6.45) is 9.14. The van der Waals surface area contributed by atoms with Crippen molar-refractivity contribution in [3.8, 4) is 0 Å². The summed E-state index contributed by atoms with van der Waals surface area (Å²) in [7, 11) is 0. The lowest BCUT2D eigenvalue weighted by atomic mass is 9.94. The molecular weight excluding hydrogens is 190 g/mol. The summed E-state index contributed by atoms with van der Waals surface area (Å²) in [4.78, 5) is 1.67. The van der Waals surface area contributed by atoms with Gasteiger partial charge >= 0.3 is 0 Å². The van der Waals surface area contributed by atoms with Gasteiger partial charge in [0, 0.05) is 4.88 Å². The molecule has 1 aliphatic rings. The van der Waals surface area contributed by atoms with Crippen LogP contribution >= 0.6 is 11.3 Å². The molecule has 1 aliphatic carbocycles. The van der Waals surface area contributed by atoms with E-state index in [1.54, 1.807) is 16.0 Å². The molecule has 2 N–H and O–H groups in total. The SMILES string of the molecule is NCCCCc1csc2c1CCCC2. The third kappa shape index (κ3) is 2.18. The molecule has 0 aromatic carbocycles. The second-order valence-corrected chi connectivity index (χ2v) is 5.08. The largest absolute Gasteiger partial charge is 0.330 e. The Kier molecular flexibility index (Phi) is 3.60. The minimum Gasteiger partial charge on any atom is -0.330 e. The van der Waals surface area contributed by atoms with Crippen molar-refractivity contribution in [2.45, 2.75) is 44.9 Å². The van der Waals surface area contributed by atoms with Gasteiger partial charge in [0.1, 0.15) is 0 Å². The number of hydrogen-bond acceptors (Lipinski definition) is 2. The topological polar surface area (TPSA) is 26.0 Å². The van der Waals surface area contributed by atoms with Crippen LogP contribution in [0.1, 0.15) is 41.7 Å². The third-order valence-corrected chi connectivity index (χ3v) is 4.19. The zero-order valence-electron chi connectivity index (χ0n) is 8.72. The molecule has 14 heavy (non-hydrogen) atoms. The second kappa shape index (κ2) is 4.94. The van der Waals surface area contributed by atoms with E-state index in [1.165, 1.54) is 44.9 Å². The fourth-order valence-corrected chi connectivity index (χ4v) is 3.41. The number of unbranched alkanes of at least 4 members (excludes halogenated alkanes) is 1. The lowest BCUT2D eigenvalue weighted by molar-refractivity contribution is 0.681. The molecule has 1 heterocycles. The van der Waals surface area contributed by atoms with Gasteiger partial charge in [0.2, 0.25) is 0 Å². The molecule has 0 aliphatic heterocycles. The van der Waals surface area contributed by atoms with Crippen LogP contribution in [-0.4, -0.2) is 6.54 Å². The van der Waals surface area contributed by atoms with Crippen LogP contribution in [0, 0.1) is 0 Å². The van der Waals surface area contributed by atoms with Crippen LogP contribution in [-0.2, 0) is 19.3 Å². The van der Waals surface area contributed by atoms with Crippen LogP contribution < -0.4 is 5.73 Å². The second-order valence-electron chi connectivity index (χ2n) is 4.12. The van der Waals surface area contributed by atoms with Crippen molar-refractivity contribution in [2.75, 3.05) is 6.54 Å². The molecule has 0 radical (unpaired) electrons. The fraction of sp³-hybridized carbons (Fsp3) is 0.667. The van der Waals surface area contributed by atoms with E-state index >= 15 is 0 Å². The first-order chi connectivity index (χ1) is 6.92. The molecule has 0 fully saturated rings. The van der Waals surface area contributed by atoms with Crippen molar-refractivity contribution in [3.05, 3.63) is 21.4 Å². The maximum Gasteiger partial charge on any atom is 0.00800 e. The Hall–Kier alpha value is -0.340. The average Bonchev–Trinajstić information content (AvgIpc) is 2.63. The molecule has 1 nitrogen and oxygen atoms in total. The number of hydrogen-bond donors (Lipinski definition) is 1. The van der Waals surface area contributed by atoms with Gasteiger partial charge in [0.05, 0.1) is 0 Å². The van der Waals surface area contributed by atoms with Gasteiger partial charge in [-0.2, -0.15) is 0 Å². The highest BCUT2D eigenvalue weighted by Gasteiger charge is 2.14. The molecule has 2 rings (SSSR count). The van der Waals surface area contributed by atoms with E-state index in [1.807, 2.05) is 11.3 Å². The Morgan fingerprint density at radius 1 is 1.21 bits per heavy atom. The smallest absolute Gasteiger partial charge is 0.00800 e. The molecule has 1 aromatic rings. The van der Waals surface area contributed by atoms with Crippen molar-refractivity contribution in [1.82, 2.24) is 0 Å². The summed E-state index contributed by atoms with van der Waals surface area (Å²) in [5.41, 5.74) is 8.82. The van der Waals surface area contributed by atoms with Crippen molar-refractivity contribution in [2.24, 2.45) is 5.73 Å². The lowest BCUT2D eigenvalue weighted by Gasteiger charge is -2.12. The first-order valence-electron chi connectivity index (χ1n) is 5.70. The number of thiophene rings is 1. The van der Waals surface area contributed by atoms with E-state index in [2.05, 4.69) is 5.38 Å². The molecule has 2 heteroatoms. The van der Waals surface area contributed by atoms with Gasteiger partial charge in [-0.1, -0.05) is 0 Å². The highest BCUT2D eigenvalue weighted by Crippen LogP contribution is 2.30. The number of rotatable bonds is 4. The Balaban J connectivity index is 1.99.